The third kappa shape index (κ3) is 6.37. The van der Waals surface area contributed by atoms with Crippen molar-refractivity contribution in [2.45, 2.75) is 19.4 Å². The van der Waals surface area contributed by atoms with Gasteiger partial charge < -0.3 is 10.2 Å². The summed E-state index contributed by atoms with van der Waals surface area (Å²) < 4.78 is 40.9. The number of nitrogens with one attached hydrogen (secondary N) is 2. The van der Waals surface area contributed by atoms with Gasteiger partial charge in [0.25, 0.3) is 10.0 Å². The monoisotopic (exact) mass is 542 g/mol. The molecule has 0 amide bonds. The van der Waals surface area contributed by atoms with Gasteiger partial charge in [0.15, 0.2) is 0 Å². The molecule has 2 aromatic carbocycles. The number of benzene rings is 2. The highest BCUT2D eigenvalue weighted by atomic mass is 35.5. The molecular formula is C26H28ClFN6O2S. The Balaban J connectivity index is 1.77. The van der Waals surface area contributed by atoms with Crippen molar-refractivity contribution in [3.05, 3.63) is 65.0 Å². The lowest BCUT2D eigenvalue weighted by molar-refractivity contribution is 0.0946. The fourth-order valence-electron chi connectivity index (χ4n) is 3.96. The van der Waals surface area contributed by atoms with Crippen molar-refractivity contribution < 1.29 is 12.8 Å². The maximum absolute atomic E-state index is 13.6. The number of piperazine rings is 1. The van der Waals surface area contributed by atoms with E-state index in [9.17, 15) is 12.8 Å². The Hall–Kier alpha value is -3.23. The summed E-state index contributed by atoms with van der Waals surface area (Å²) in [6.45, 7) is 11.2. The van der Waals surface area contributed by atoms with E-state index in [1.807, 2.05) is 0 Å². The van der Waals surface area contributed by atoms with Gasteiger partial charge in [0.1, 0.15) is 18.0 Å². The molecule has 0 spiro atoms. The van der Waals surface area contributed by atoms with Gasteiger partial charge in [-0.2, -0.15) is 0 Å². The van der Waals surface area contributed by atoms with E-state index in [0.717, 1.165) is 31.6 Å². The van der Waals surface area contributed by atoms with Gasteiger partial charge in [0, 0.05) is 42.7 Å². The SMILES string of the molecule is C=CS(=O)(=O)Nc1cc2c(Nc3ccc(F)c(Cl)c3)ncnc2cc1C#CC(C)(C)N1CCN(C)CC1. The van der Waals surface area contributed by atoms with Gasteiger partial charge in [-0.15, -0.1) is 0 Å². The Morgan fingerprint density at radius 3 is 2.57 bits per heavy atom. The summed E-state index contributed by atoms with van der Waals surface area (Å²) in [4.78, 5) is 13.2. The maximum atomic E-state index is 13.6. The van der Waals surface area contributed by atoms with Crippen LogP contribution in [0.2, 0.25) is 5.02 Å². The van der Waals surface area contributed by atoms with Crippen LogP contribution in [-0.4, -0.2) is 67.0 Å². The predicted octanol–water partition coefficient (Wildman–Crippen LogP) is 4.43. The highest BCUT2D eigenvalue weighted by Crippen LogP contribution is 2.30. The standard InChI is InChI=1S/C26H28ClFN6O2S/c1-5-37(35,36)32-23-16-20-24(29-17-30-25(20)31-19-6-7-22(28)21(27)15-19)14-18(23)8-9-26(2,3)34-12-10-33(4)11-13-34/h5-7,14-17,32H,1,10-13H2,2-4H3,(H,29,30,31). The summed E-state index contributed by atoms with van der Waals surface area (Å²) in [5.74, 6) is 6.35. The Labute approximate surface area is 221 Å². The average molecular weight is 543 g/mol. The molecule has 0 radical (unpaired) electrons. The van der Waals surface area contributed by atoms with Crippen LogP contribution in [0.4, 0.5) is 21.6 Å². The van der Waals surface area contributed by atoms with Crippen molar-refractivity contribution >= 4 is 49.7 Å². The summed E-state index contributed by atoms with van der Waals surface area (Å²) in [5, 5.41) is 4.43. The maximum Gasteiger partial charge on any atom is 0.254 e. The second-order valence-corrected chi connectivity index (χ2v) is 11.3. The van der Waals surface area contributed by atoms with Crippen LogP contribution in [0.1, 0.15) is 19.4 Å². The minimum Gasteiger partial charge on any atom is -0.340 e. The fourth-order valence-corrected chi connectivity index (χ4v) is 4.70. The van der Waals surface area contributed by atoms with E-state index < -0.39 is 21.4 Å². The number of likely N-dealkylation sites (N-methyl/N-ethyl adjacent to an activating group) is 1. The number of hydrogen-bond donors (Lipinski definition) is 2. The third-order valence-electron chi connectivity index (χ3n) is 6.23. The number of aromatic nitrogens is 2. The molecule has 0 bridgehead atoms. The van der Waals surface area contributed by atoms with E-state index in [0.29, 0.717) is 28.0 Å². The molecule has 1 fully saturated rings. The van der Waals surface area contributed by atoms with E-state index in [-0.39, 0.29) is 10.7 Å². The van der Waals surface area contributed by atoms with Crippen molar-refractivity contribution in [1.29, 1.82) is 0 Å². The Kier molecular flexibility index (Phi) is 7.71. The summed E-state index contributed by atoms with van der Waals surface area (Å²) in [6.07, 6.45) is 1.38. The molecule has 37 heavy (non-hydrogen) atoms. The first kappa shape index (κ1) is 26.8. The molecule has 1 saturated heterocycles. The normalized spacial score (nSPS) is 15.2. The second kappa shape index (κ2) is 10.6. The van der Waals surface area contributed by atoms with Crippen LogP contribution < -0.4 is 10.0 Å². The molecule has 194 valence electrons. The summed E-state index contributed by atoms with van der Waals surface area (Å²) in [7, 11) is -1.72. The molecule has 11 heteroatoms. The average Bonchev–Trinajstić information content (AvgIpc) is 2.85. The van der Waals surface area contributed by atoms with Crippen molar-refractivity contribution in [1.82, 2.24) is 19.8 Å². The Bertz CT molecular complexity index is 1510. The lowest BCUT2D eigenvalue weighted by Gasteiger charge is -2.40. The van der Waals surface area contributed by atoms with Crippen LogP contribution in [-0.2, 0) is 10.0 Å². The zero-order valence-corrected chi connectivity index (χ0v) is 22.4. The van der Waals surface area contributed by atoms with Gasteiger partial charge >= 0.3 is 0 Å². The van der Waals surface area contributed by atoms with Crippen LogP contribution in [0.3, 0.4) is 0 Å². The van der Waals surface area contributed by atoms with Gasteiger partial charge in [0.2, 0.25) is 0 Å². The van der Waals surface area contributed by atoms with Gasteiger partial charge in [-0.05, 0) is 51.2 Å². The van der Waals surface area contributed by atoms with Crippen LogP contribution in [0, 0.1) is 17.7 Å². The van der Waals surface area contributed by atoms with Gasteiger partial charge in [-0.1, -0.05) is 30.0 Å². The molecule has 4 rings (SSSR count). The molecule has 8 nitrogen and oxygen atoms in total. The van der Waals surface area contributed by atoms with Gasteiger partial charge in [-0.25, -0.2) is 22.8 Å². The van der Waals surface area contributed by atoms with E-state index in [2.05, 4.69) is 69.1 Å². The van der Waals surface area contributed by atoms with Crippen molar-refractivity contribution in [3.63, 3.8) is 0 Å². The van der Waals surface area contributed by atoms with E-state index in [1.54, 1.807) is 12.1 Å². The highest BCUT2D eigenvalue weighted by molar-refractivity contribution is 7.95. The van der Waals surface area contributed by atoms with Crippen molar-refractivity contribution in [2.75, 3.05) is 43.3 Å². The third-order valence-corrected chi connectivity index (χ3v) is 7.46. The molecule has 0 aliphatic carbocycles. The van der Waals surface area contributed by atoms with Crippen LogP contribution in [0.15, 0.2) is 48.6 Å². The molecular weight excluding hydrogens is 515 g/mol. The molecule has 0 unspecified atom stereocenters. The number of rotatable bonds is 6. The minimum atomic E-state index is -3.82. The Morgan fingerprint density at radius 1 is 1.16 bits per heavy atom. The second-order valence-electron chi connectivity index (χ2n) is 9.30. The topological polar surface area (TPSA) is 90.5 Å². The minimum absolute atomic E-state index is 0.0386. The number of anilines is 3. The molecule has 1 aliphatic heterocycles. The highest BCUT2D eigenvalue weighted by Gasteiger charge is 2.27. The van der Waals surface area contributed by atoms with Crippen LogP contribution in [0.5, 0.6) is 0 Å². The summed E-state index contributed by atoms with van der Waals surface area (Å²) in [6, 6.07) is 7.54. The first-order valence-electron chi connectivity index (χ1n) is 11.6. The van der Waals surface area contributed by atoms with Gasteiger partial charge in [0.05, 0.1) is 27.3 Å². The number of nitrogens with zero attached hydrogens (tertiary/aromatic N) is 4. The number of halogens is 2. The van der Waals surface area contributed by atoms with Crippen LogP contribution in [0.25, 0.3) is 10.9 Å². The zero-order valence-electron chi connectivity index (χ0n) is 20.8. The van der Waals surface area contributed by atoms with E-state index in [1.165, 1.54) is 24.5 Å². The molecule has 2 heterocycles. The van der Waals surface area contributed by atoms with Gasteiger partial charge in [-0.3, -0.25) is 9.62 Å². The first-order valence-corrected chi connectivity index (χ1v) is 13.5. The Morgan fingerprint density at radius 2 is 1.89 bits per heavy atom. The van der Waals surface area contributed by atoms with Crippen molar-refractivity contribution in [3.8, 4) is 11.8 Å². The number of sulfonamides is 1. The number of fused-ring (bicyclic) bond motifs is 1. The van der Waals surface area contributed by atoms with E-state index >= 15 is 0 Å². The summed E-state index contributed by atoms with van der Waals surface area (Å²) >= 11 is 5.91. The zero-order chi connectivity index (χ0) is 26.8. The fraction of sp³-hybridized carbons (Fsp3) is 0.308. The molecule has 0 atom stereocenters. The molecule has 3 aromatic rings. The first-order chi connectivity index (χ1) is 17.5. The lowest BCUT2D eigenvalue weighted by atomic mass is 10.0. The largest absolute Gasteiger partial charge is 0.340 e. The number of hydrogen-bond acceptors (Lipinski definition) is 7. The molecule has 2 N–H and O–H groups in total. The predicted molar refractivity (Wildman–Crippen MR) is 147 cm³/mol. The molecule has 1 aromatic heterocycles. The quantitative estimate of drug-likeness (QED) is 0.445. The van der Waals surface area contributed by atoms with E-state index in [4.69, 9.17) is 11.6 Å². The van der Waals surface area contributed by atoms with Crippen LogP contribution >= 0.6 is 11.6 Å². The summed E-state index contributed by atoms with van der Waals surface area (Å²) in [5.41, 5.74) is 1.37. The molecule has 0 saturated carbocycles. The lowest BCUT2D eigenvalue weighted by Crippen LogP contribution is -2.53. The molecule has 1 aliphatic rings. The smallest absolute Gasteiger partial charge is 0.254 e. The van der Waals surface area contributed by atoms with Crippen molar-refractivity contribution in [2.24, 2.45) is 0 Å².